The van der Waals surface area contributed by atoms with E-state index in [1.165, 1.54) is 6.07 Å². The van der Waals surface area contributed by atoms with Crippen LogP contribution in [0.5, 0.6) is 0 Å². The summed E-state index contributed by atoms with van der Waals surface area (Å²) in [6.07, 6.45) is 3.47. The summed E-state index contributed by atoms with van der Waals surface area (Å²) in [5.74, 6) is -1.60. The molecule has 0 saturated heterocycles. The van der Waals surface area contributed by atoms with E-state index in [0.29, 0.717) is 12.1 Å². The fraction of sp³-hybridized carbons (Fsp3) is 0.571. The summed E-state index contributed by atoms with van der Waals surface area (Å²) in [5, 5.41) is 9.93. The van der Waals surface area contributed by atoms with E-state index in [-0.39, 0.29) is 12.1 Å². The fourth-order valence-electron chi connectivity index (χ4n) is 2.66. The van der Waals surface area contributed by atoms with Crippen molar-refractivity contribution in [2.24, 2.45) is 0 Å². The molecule has 2 atom stereocenters. The summed E-state index contributed by atoms with van der Waals surface area (Å²) < 4.78 is 26.7. The molecule has 0 radical (unpaired) electrons. The molecule has 1 aliphatic rings. The van der Waals surface area contributed by atoms with E-state index in [1.54, 1.807) is 6.07 Å². The fourth-order valence-corrected chi connectivity index (χ4v) is 2.66. The van der Waals surface area contributed by atoms with Crippen LogP contribution in [0.4, 0.5) is 8.78 Å². The Labute approximate surface area is 106 Å². The minimum Gasteiger partial charge on any atom is -0.391 e. The van der Waals surface area contributed by atoms with Gasteiger partial charge in [0.1, 0.15) is 0 Å². The highest BCUT2D eigenvalue weighted by molar-refractivity contribution is 5.18. The molecule has 2 nitrogen and oxygen atoms in total. The minimum atomic E-state index is -0.815. The highest BCUT2D eigenvalue weighted by Gasteiger charge is 2.27. The Hall–Kier alpha value is -1.00. The molecule has 2 rings (SSSR count). The first-order valence-corrected chi connectivity index (χ1v) is 6.41. The van der Waals surface area contributed by atoms with Crippen LogP contribution in [-0.4, -0.2) is 29.2 Å². The molecule has 1 aromatic rings. The Morgan fingerprint density at radius 2 is 2.00 bits per heavy atom. The molecule has 1 N–H and O–H groups in total. The van der Waals surface area contributed by atoms with Gasteiger partial charge in [-0.1, -0.05) is 25.0 Å². The van der Waals surface area contributed by atoms with Crippen molar-refractivity contribution < 1.29 is 13.9 Å². The predicted molar refractivity (Wildman–Crippen MR) is 66.1 cm³/mol. The molecule has 2 unspecified atom stereocenters. The van der Waals surface area contributed by atoms with Crippen LogP contribution in [-0.2, 0) is 6.54 Å². The second-order valence-electron chi connectivity index (χ2n) is 5.05. The standard InChI is InChI=1S/C14H19F2NO/c1-17(12-7-2-3-8-13(12)18)9-10-5-4-6-11(15)14(10)16/h4-6,12-13,18H,2-3,7-9H2,1H3. The van der Waals surface area contributed by atoms with Crippen molar-refractivity contribution in [1.82, 2.24) is 4.90 Å². The van der Waals surface area contributed by atoms with Gasteiger partial charge < -0.3 is 5.11 Å². The number of hydrogen-bond donors (Lipinski definition) is 1. The van der Waals surface area contributed by atoms with E-state index >= 15 is 0 Å². The third-order valence-electron chi connectivity index (χ3n) is 3.71. The van der Waals surface area contributed by atoms with Crippen molar-refractivity contribution >= 4 is 0 Å². The monoisotopic (exact) mass is 255 g/mol. The smallest absolute Gasteiger partial charge is 0.163 e. The Morgan fingerprint density at radius 3 is 2.72 bits per heavy atom. The summed E-state index contributed by atoms with van der Waals surface area (Å²) in [5.41, 5.74) is 0.343. The summed E-state index contributed by atoms with van der Waals surface area (Å²) in [6, 6.07) is 4.26. The summed E-state index contributed by atoms with van der Waals surface area (Å²) in [7, 11) is 1.85. The number of likely N-dealkylation sites (N-methyl/N-ethyl adjacent to an activating group) is 1. The molecule has 1 fully saturated rings. The molecule has 18 heavy (non-hydrogen) atoms. The first-order chi connectivity index (χ1) is 8.59. The number of rotatable bonds is 3. The lowest BCUT2D eigenvalue weighted by Crippen LogP contribution is -2.43. The van der Waals surface area contributed by atoms with Crippen LogP contribution in [0.2, 0.25) is 0 Å². The van der Waals surface area contributed by atoms with Gasteiger partial charge in [0.05, 0.1) is 6.10 Å². The van der Waals surface area contributed by atoms with Gasteiger partial charge in [0, 0.05) is 18.2 Å². The first-order valence-electron chi connectivity index (χ1n) is 6.41. The van der Waals surface area contributed by atoms with Crippen molar-refractivity contribution in [2.45, 2.75) is 44.4 Å². The minimum absolute atomic E-state index is 0.0430. The number of benzene rings is 1. The van der Waals surface area contributed by atoms with E-state index in [9.17, 15) is 13.9 Å². The van der Waals surface area contributed by atoms with Gasteiger partial charge in [0.2, 0.25) is 0 Å². The summed E-state index contributed by atoms with van der Waals surface area (Å²) in [4.78, 5) is 1.92. The second kappa shape index (κ2) is 5.76. The van der Waals surface area contributed by atoms with Gasteiger partial charge in [-0.05, 0) is 26.0 Å². The van der Waals surface area contributed by atoms with Crippen LogP contribution in [0.1, 0.15) is 31.2 Å². The molecule has 1 aliphatic carbocycles. The maximum atomic E-state index is 13.6. The predicted octanol–water partition coefficient (Wildman–Crippen LogP) is 2.70. The second-order valence-corrected chi connectivity index (χ2v) is 5.05. The van der Waals surface area contributed by atoms with Crippen molar-refractivity contribution in [2.75, 3.05) is 7.05 Å². The third-order valence-corrected chi connectivity index (χ3v) is 3.71. The average Bonchev–Trinajstić information content (AvgIpc) is 2.35. The van der Waals surface area contributed by atoms with E-state index in [1.807, 2.05) is 11.9 Å². The lowest BCUT2D eigenvalue weighted by atomic mass is 9.91. The van der Waals surface area contributed by atoms with Gasteiger partial charge in [-0.3, -0.25) is 4.90 Å². The van der Waals surface area contributed by atoms with E-state index in [2.05, 4.69) is 0 Å². The molecule has 0 heterocycles. The lowest BCUT2D eigenvalue weighted by Gasteiger charge is -2.35. The lowest BCUT2D eigenvalue weighted by molar-refractivity contribution is 0.0283. The molecule has 100 valence electrons. The van der Waals surface area contributed by atoms with Crippen molar-refractivity contribution in [1.29, 1.82) is 0 Å². The maximum absolute atomic E-state index is 13.6. The highest BCUT2D eigenvalue weighted by Crippen LogP contribution is 2.24. The highest BCUT2D eigenvalue weighted by atomic mass is 19.2. The van der Waals surface area contributed by atoms with Crippen molar-refractivity contribution in [3.05, 3.63) is 35.4 Å². The van der Waals surface area contributed by atoms with Crippen molar-refractivity contribution in [3.63, 3.8) is 0 Å². The van der Waals surface area contributed by atoms with Crippen LogP contribution >= 0.6 is 0 Å². The zero-order valence-corrected chi connectivity index (χ0v) is 10.6. The average molecular weight is 255 g/mol. The Bertz CT molecular complexity index is 411. The molecule has 0 bridgehead atoms. The van der Waals surface area contributed by atoms with Gasteiger partial charge in [-0.15, -0.1) is 0 Å². The molecule has 0 aromatic heterocycles. The molecular weight excluding hydrogens is 236 g/mol. The molecule has 0 amide bonds. The van der Waals surface area contributed by atoms with Crippen LogP contribution in [0.25, 0.3) is 0 Å². The number of aliphatic hydroxyl groups excluding tert-OH is 1. The molecule has 0 aliphatic heterocycles. The van der Waals surface area contributed by atoms with Crippen molar-refractivity contribution in [3.8, 4) is 0 Å². The normalized spacial score (nSPS) is 24.5. The Balaban J connectivity index is 2.06. The van der Waals surface area contributed by atoms with Gasteiger partial charge in [0.15, 0.2) is 11.6 Å². The number of hydrogen-bond acceptors (Lipinski definition) is 2. The van der Waals surface area contributed by atoms with Crippen LogP contribution < -0.4 is 0 Å². The molecule has 0 spiro atoms. The zero-order chi connectivity index (χ0) is 13.1. The number of nitrogens with zero attached hydrogens (tertiary/aromatic N) is 1. The quantitative estimate of drug-likeness (QED) is 0.897. The van der Waals surface area contributed by atoms with Gasteiger partial charge in [0.25, 0.3) is 0 Å². The van der Waals surface area contributed by atoms with Crippen LogP contribution in [0, 0.1) is 11.6 Å². The zero-order valence-electron chi connectivity index (χ0n) is 10.6. The van der Waals surface area contributed by atoms with E-state index in [0.717, 1.165) is 31.7 Å². The van der Waals surface area contributed by atoms with Gasteiger partial charge in [-0.25, -0.2) is 8.78 Å². The van der Waals surface area contributed by atoms with E-state index < -0.39 is 11.6 Å². The maximum Gasteiger partial charge on any atom is 0.163 e. The molecule has 1 saturated carbocycles. The van der Waals surface area contributed by atoms with Gasteiger partial charge in [-0.2, -0.15) is 0 Å². The van der Waals surface area contributed by atoms with Crippen LogP contribution in [0.15, 0.2) is 18.2 Å². The number of aliphatic hydroxyl groups is 1. The topological polar surface area (TPSA) is 23.5 Å². The van der Waals surface area contributed by atoms with Gasteiger partial charge >= 0.3 is 0 Å². The molecule has 4 heteroatoms. The summed E-state index contributed by atoms with van der Waals surface area (Å²) in [6.45, 7) is 0.325. The van der Waals surface area contributed by atoms with Crippen LogP contribution in [0.3, 0.4) is 0 Å². The third kappa shape index (κ3) is 2.87. The largest absolute Gasteiger partial charge is 0.391 e. The molecular formula is C14H19F2NO. The summed E-state index contributed by atoms with van der Waals surface area (Å²) >= 11 is 0. The van der Waals surface area contributed by atoms with E-state index in [4.69, 9.17) is 0 Å². The SMILES string of the molecule is CN(Cc1cccc(F)c1F)C1CCCCC1O. The molecule has 1 aromatic carbocycles. The Morgan fingerprint density at radius 1 is 1.28 bits per heavy atom. The Kier molecular flexibility index (Phi) is 4.30. The number of halogens is 2. The first kappa shape index (κ1) is 13.4.